The number of hydrogen-bond donors (Lipinski definition) is 0. The van der Waals surface area contributed by atoms with Crippen molar-refractivity contribution >= 4 is 29.1 Å². The average Bonchev–Trinajstić information content (AvgIpc) is 3.18. The number of hydrogen-bond acceptors (Lipinski definition) is 3. The highest BCUT2D eigenvalue weighted by Crippen LogP contribution is 2.39. The number of ether oxygens (including phenoxy) is 2. The van der Waals surface area contributed by atoms with Gasteiger partial charge in [-0.3, -0.25) is 4.79 Å². The molecule has 27 heavy (non-hydrogen) atoms. The second-order valence-corrected chi connectivity index (χ2v) is 7.35. The van der Waals surface area contributed by atoms with Crippen molar-refractivity contribution in [1.29, 1.82) is 0 Å². The van der Waals surface area contributed by atoms with Crippen LogP contribution in [0.5, 0.6) is 11.5 Å². The first kappa shape index (κ1) is 19.8. The molecular formula is C21H23Cl2NO3. The van der Waals surface area contributed by atoms with E-state index in [0.29, 0.717) is 22.9 Å². The maximum Gasteiger partial charge on any atom is 0.223 e. The summed E-state index contributed by atoms with van der Waals surface area (Å²) in [5.74, 6) is 1.60. The van der Waals surface area contributed by atoms with E-state index in [4.69, 9.17) is 32.7 Å². The molecule has 0 saturated carbocycles. The Kier molecular flexibility index (Phi) is 6.51. The second-order valence-electron chi connectivity index (χ2n) is 6.57. The fourth-order valence-electron chi connectivity index (χ4n) is 3.61. The van der Waals surface area contributed by atoms with E-state index in [1.54, 1.807) is 20.3 Å². The summed E-state index contributed by atoms with van der Waals surface area (Å²) in [4.78, 5) is 14.9. The quantitative estimate of drug-likeness (QED) is 0.651. The average molecular weight is 408 g/mol. The third kappa shape index (κ3) is 4.33. The molecular weight excluding hydrogens is 385 g/mol. The number of rotatable bonds is 6. The molecule has 0 aromatic heterocycles. The van der Waals surface area contributed by atoms with Gasteiger partial charge < -0.3 is 14.4 Å². The van der Waals surface area contributed by atoms with Crippen molar-refractivity contribution in [2.24, 2.45) is 0 Å². The van der Waals surface area contributed by atoms with Crippen molar-refractivity contribution in [2.45, 2.75) is 31.7 Å². The van der Waals surface area contributed by atoms with Crippen molar-refractivity contribution in [3.8, 4) is 11.5 Å². The van der Waals surface area contributed by atoms with Gasteiger partial charge >= 0.3 is 0 Å². The Labute approximate surface area is 170 Å². The van der Waals surface area contributed by atoms with Gasteiger partial charge in [0.25, 0.3) is 0 Å². The molecule has 1 saturated heterocycles. The van der Waals surface area contributed by atoms with Gasteiger partial charge in [0.15, 0.2) is 0 Å². The Balaban J connectivity index is 1.74. The zero-order chi connectivity index (χ0) is 19.4. The number of nitrogens with zero attached hydrogens (tertiary/aromatic N) is 1. The number of aryl methyl sites for hydroxylation is 1. The van der Waals surface area contributed by atoms with Gasteiger partial charge in [0.1, 0.15) is 11.5 Å². The van der Waals surface area contributed by atoms with E-state index in [1.807, 2.05) is 35.2 Å². The molecule has 0 aliphatic carbocycles. The molecule has 1 atom stereocenters. The van der Waals surface area contributed by atoms with Crippen molar-refractivity contribution in [2.75, 3.05) is 20.8 Å². The Bertz CT molecular complexity index is 825. The summed E-state index contributed by atoms with van der Waals surface area (Å²) in [6.07, 6.45) is 2.87. The SMILES string of the molecule is COc1ccc(C2CCCN2C(=O)CCc2cccc(Cl)c2Cl)c(OC)c1. The van der Waals surface area contributed by atoms with Crippen LogP contribution >= 0.6 is 23.2 Å². The largest absolute Gasteiger partial charge is 0.497 e. The summed E-state index contributed by atoms with van der Waals surface area (Å²) in [7, 11) is 3.27. The lowest BCUT2D eigenvalue weighted by Crippen LogP contribution is -2.31. The fourth-order valence-corrected chi connectivity index (χ4v) is 4.02. The van der Waals surface area contributed by atoms with E-state index in [2.05, 4.69) is 0 Å². The standard InChI is InChI=1S/C21H23Cl2NO3/c1-26-15-9-10-16(19(13-15)27-2)18-7-4-12-24(18)20(25)11-8-14-5-3-6-17(22)21(14)23/h3,5-6,9-10,13,18H,4,7-8,11-12H2,1-2H3. The number of carbonyl (C=O) groups excluding carboxylic acids is 1. The molecule has 1 amide bonds. The number of methoxy groups -OCH3 is 2. The Morgan fingerprint density at radius 1 is 1.19 bits per heavy atom. The number of amides is 1. The number of carbonyl (C=O) groups is 1. The smallest absolute Gasteiger partial charge is 0.223 e. The molecule has 0 bridgehead atoms. The Hall–Kier alpha value is -1.91. The maximum absolute atomic E-state index is 12.9. The van der Waals surface area contributed by atoms with Gasteiger partial charge in [0.05, 0.1) is 30.3 Å². The van der Waals surface area contributed by atoms with Crippen LogP contribution in [0.25, 0.3) is 0 Å². The van der Waals surface area contributed by atoms with E-state index in [-0.39, 0.29) is 11.9 Å². The van der Waals surface area contributed by atoms with Gasteiger partial charge in [-0.25, -0.2) is 0 Å². The van der Waals surface area contributed by atoms with Gasteiger partial charge in [-0.1, -0.05) is 35.3 Å². The van der Waals surface area contributed by atoms with Crippen molar-refractivity contribution in [3.63, 3.8) is 0 Å². The molecule has 0 radical (unpaired) electrons. The van der Waals surface area contributed by atoms with Gasteiger partial charge in [0.2, 0.25) is 5.91 Å². The molecule has 1 aliphatic rings. The van der Waals surface area contributed by atoms with Gasteiger partial charge in [0, 0.05) is 24.6 Å². The lowest BCUT2D eigenvalue weighted by molar-refractivity contribution is -0.132. The molecule has 4 nitrogen and oxygen atoms in total. The molecule has 6 heteroatoms. The number of halogens is 2. The second kappa shape index (κ2) is 8.85. The predicted molar refractivity (Wildman–Crippen MR) is 108 cm³/mol. The first-order valence-corrected chi connectivity index (χ1v) is 9.75. The highest BCUT2D eigenvalue weighted by molar-refractivity contribution is 6.42. The first-order valence-electron chi connectivity index (χ1n) is 8.99. The summed E-state index contributed by atoms with van der Waals surface area (Å²) < 4.78 is 10.8. The molecule has 2 aromatic rings. The van der Waals surface area contributed by atoms with Crippen LogP contribution in [0.4, 0.5) is 0 Å². The predicted octanol–water partition coefficient (Wildman–Crippen LogP) is 5.31. The third-order valence-corrected chi connectivity index (χ3v) is 5.87. The topological polar surface area (TPSA) is 38.8 Å². The van der Waals surface area contributed by atoms with Crippen LogP contribution in [0.3, 0.4) is 0 Å². The lowest BCUT2D eigenvalue weighted by Gasteiger charge is -2.26. The van der Waals surface area contributed by atoms with Crippen LogP contribution in [0.2, 0.25) is 10.0 Å². The molecule has 144 valence electrons. The fraction of sp³-hybridized carbons (Fsp3) is 0.381. The number of likely N-dealkylation sites (tertiary alicyclic amines) is 1. The third-order valence-electron chi connectivity index (χ3n) is 5.01. The summed E-state index contributed by atoms with van der Waals surface area (Å²) in [5, 5.41) is 1.05. The normalized spacial score (nSPS) is 16.4. The molecule has 1 aliphatic heterocycles. The van der Waals surface area contributed by atoms with Gasteiger partial charge in [-0.2, -0.15) is 0 Å². The van der Waals surface area contributed by atoms with Crippen molar-refractivity contribution < 1.29 is 14.3 Å². The maximum atomic E-state index is 12.9. The van der Waals surface area contributed by atoms with E-state index in [1.165, 1.54) is 0 Å². The Morgan fingerprint density at radius 3 is 2.74 bits per heavy atom. The molecule has 2 aromatic carbocycles. The van der Waals surface area contributed by atoms with E-state index in [9.17, 15) is 4.79 Å². The number of benzene rings is 2. The van der Waals surface area contributed by atoms with E-state index < -0.39 is 0 Å². The molecule has 1 fully saturated rings. The Morgan fingerprint density at radius 2 is 2.00 bits per heavy atom. The molecule has 1 heterocycles. The summed E-state index contributed by atoms with van der Waals surface area (Å²) in [6, 6.07) is 11.3. The highest BCUT2D eigenvalue weighted by atomic mass is 35.5. The summed E-state index contributed by atoms with van der Waals surface area (Å²) in [6.45, 7) is 0.752. The van der Waals surface area contributed by atoms with Gasteiger partial charge in [-0.05, 0) is 43.0 Å². The van der Waals surface area contributed by atoms with Gasteiger partial charge in [-0.15, -0.1) is 0 Å². The van der Waals surface area contributed by atoms with Crippen molar-refractivity contribution in [3.05, 3.63) is 57.6 Å². The van der Waals surface area contributed by atoms with Crippen LogP contribution in [-0.2, 0) is 11.2 Å². The van der Waals surface area contributed by atoms with Crippen LogP contribution in [0, 0.1) is 0 Å². The van der Waals surface area contributed by atoms with E-state index >= 15 is 0 Å². The van der Waals surface area contributed by atoms with E-state index in [0.717, 1.165) is 42.0 Å². The zero-order valence-electron chi connectivity index (χ0n) is 15.5. The lowest BCUT2D eigenvalue weighted by atomic mass is 10.0. The van der Waals surface area contributed by atoms with Crippen LogP contribution in [0.1, 0.15) is 36.4 Å². The molecule has 0 spiro atoms. The van der Waals surface area contributed by atoms with Crippen LogP contribution < -0.4 is 9.47 Å². The monoisotopic (exact) mass is 407 g/mol. The van der Waals surface area contributed by atoms with Crippen LogP contribution in [-0.4, -0.2) is 31.6 Å². The zero-order valence-corrected chi connectivity index (χ0v) is 17.0. The molecule has 1 unspecified atom stereocenters. The minimum Gasteiger partial charge on any atom is -0.497 e. The highest BCUT2D eigenvalue weighted by Gasteiger charge is 2.31. The minimum atomic E-state index is 0.0215. The molecule has 3 rings (SSSR count). The van der Waals surface area contributed by atoms with Crippen molar-refractivity contribution in [1.82, 2.24) is 4.90 Å². The molecule has 0 N–H and O–H groups in total. The minimum absolute atomic E-state index is 0.0215. The summed E-state index contributed by atoms with van der Waals surface area (Å²) >= 11 is 12.3. The van der Waals surface area contributed by atoms with Crippen LogP contribution in [0.15, 0.2) is 36.4 Å². The first-order chi connectivity index (χ1) is 13.0. The summed E-state index contributed by atoms with van der Waals surface area (Å²) in [5.41, 5.74) is 1.92.